The number of carbonyl (C=O) groups is 1. The minimum absolute atomic E-state index is 0.201. The van der Waals surface area contributed by atoms with E-state index < -0.39 is 5.97 Å². The summed E-state index contributed by atoms with van der Waals surface area (Å²) in [4.78, 5) is 17.5. The van der Waals surface area contributed by atoms with Crippen molar-refractivity contribution >= 4 is 44.5 Å². The Morgan fingerprint density at radius 1 is 1.29 bits per heavy atom. The molecule has 1 unspecified atom stereocenters. The van der Waals surface area contributed by atoms with Crippen LogP contribution in [-0.4, -0.2) is 37.1 Å². The molecule has 34 heavy (non-hydrogen) atoms. The number of ether oxygens (including phenoxy) is 1. The highest BCUT2D eigenvalue weighted by Gasteiger charge is 2.30. The average molecular weight is 543 g/mol. The van der Waals surface area contributed by atoms with Crippen molar-refractivity contribution in [1.29, 1.82) is 0 Å². The first kappa shape index (κ1) is 24.2. The Morgan fingerprint density at radius 3 is 2.71 bits per heavy atom. The van der Waals surface area contributed by atoms with E-state index in [9.17, 15) is 4.79 Å². The molecule has 4 rings (SSSR count). The molecule has 2 heterocycles. The van der Waals surface area contributed by atoms with Crippen LogP contribution in [-0.2, 0) is 24.8 Å². The quantitative estimate of drug-likeness (QED) is 0.213. The Kier molecular flexibility index (Phi) is 7.19. The molecule has 7 nitrogen and oxygen atoms in total. The van der Waals surface area contributed by atoms with E-state index in [2.05, 4.69) is 49.9 Å². The summed E-state index contributed by atoms with van der Waals surface area (Å²) in [5.41, 5.74) is 6.02. The van der Waals surface area contributed by atoms with Crippen LogP contribution >= 0.6 is 27.5 Å². The van der Waals surface area contributed by atoms with Crippen LogP contribution in [0, 0.1) is 6.92 Å². The van der Waals surface area contributed by atoms with Crippen LogP contribution in [0.5, 0.6) is 0 Å². The molecule has 0 saturated carbocycles. The van der Waals surface area contributed by atoms with Gasteiger partial charge in [0, 0.05) is 24.5 Å². The lowest BCUT2D eigenvalue weighted by atomic mass is 9.87. The highest BCUT2D eigenvalue weighted by atomic mass is 79.9. The second-order valence-electron chi connectivity index (χ2n) is 8.04. The zero-order valence-corrected chi connectivity index (χ0v) is 21.6. The number of aromatic nitrogens is 5. The van der Waals surface area contributed by atoms with Crippen LogP contribution in [0.2, 0.25) is 5.02 Å². The molecule has 1 atom stereocenters. The summed E-state index contributed by atoms with van der Waals surface area (Å²) in [5, 5.41) is 9.08. The molecule has 0 saturated heterocycles. The number of esters is 1. The Morgan fingerprint density at radius 2 is 2.03 bits per heavy atom. The molecule has 0 fully saturated rings. The average Bonchev–Trinajstić information content (AvgIpc) is 3.34. The van der Waals surface area contributed by atoms with Crippen molar-refractivity contribution in [2.24, 2.45) is 7.05 Å². The first-order valence-corrected chi connectivity index (χ1v) is 12.1. The van der Waals surface area contributed by atoms with Gasteiger partial charge in [0.25, 0.3) is 0 Å². The van der Waals surface area contributed by atoms with Crippen molar-refractivity contribution in [1.82, 2.24) is 24.5 Å². The Labute approximate surface area is 211 Å². The van der Waals surface area contributed by atoms with Crippen LogP contribution in [0.4, 0.5) is 0 Å². The zero-order chi connectivity index (χ0) is 24.4. The molecule has 9 heteroatoms. The standard InChI is InChI=1S/C25H25BrClN5O2/c1-5-11-32-23(22(28-25(32)26)24(33)34-6-2)19(17-7-9-18(27)10-8-17)13-16-12-15(3)21-20(14-16)31(4)30-29-21/h5,7-10,12,14,19H,1,6,11,13H2,2-4H3. The predicted molar refractivity (Wildman–Crippen MR) is 136 cm³/mol. The SMILES string of the molecule is C=CCn1c(Br)nc(C(=O)OCC)c1C(Cc1cc(C)c2nnn(C)c2c1)c1ccc(Cl)cc1. The topological polar surface area (TPSA) is 74.8 Å². The molecule has 2 aromatic heterocycles. The van der Waals surface area contributed by atoms with Crippen molar-refractivity contribution < 1.29 is 9.53 Å². The Bertz CT molecular complexity index is 1360. The van der Waals surface area contributed by atoms with Gasteiger partial charge in [-0.25, -0.2) is 14.5 Å². The zero-order valence-electron chi connectivity index (χ0n) is 19.3. The number of benzene rings is 2. The van der Waals surface area contributed by atoms with E-state index in [1.54, 1.807) is 17.7 Å². The second kappa shape index (κ2) is 10.1. The number of hydrogen-bond donors (Lipinski definition) is 0. The number of hydrogen-bond acceptors (Lipinski definition) is 5. The monoisotopic (exact) mass is 541 g/mol. The number of imidazole rings is 1. The minimum Gasteiger partial charge on any atom is -0.461 e. The number of carbonyl (C=O) groups excluding carboxylic acids is 1. The van der Waals surface area contributed by atoms with Crippen LogP contribution in [0.15, 0.2) is 53.8 Å². The molecule has 176 valence electrons. The van der Waals surface area contributed by atoms with Crippen molar-refractivity contribution in [3.63, 3.8) is 0 Å². The minimum atomic E-state index is -0.456. The molecule has 0 spiro atoms. The lowest BCUT2D eigenvalue weighted by molar-refractivity contribution is 0.0518. The Hall–Kier alpha value is -2.97. The fourth-order valence-electron chi connectivity index (χ4n) is 4.23. The summed E-state index contributed by atoms with van der Waals surface area (Å²) in [6.45, 7) is 8.44. The number of nitrogens with zero attached hydrogens (tertiary/aromatic N) is 5. The van der Waals surface area contributed by atoms with E-state index in [1.807, 2.05) is 42.8 Å². The van der Waals surface area contributed by atoms with Crippen molar-refractivity contribution in [3.8, 4) is 0 Å². The van der Waals surface area contributed by atoms with Crippen LogP contribution in [0.25, 0.3) is 11.0 Å². The summed E-state index contributed by atoms with van der Waals surface area (Å²) in [6.07, 6.45) is 2.40. The molecular formula is C25H25BrClN5O2. The Balaban J connectivity index is 1.91. The van der Waals surface area contributed by atoms with Crippen LogP contribution in [0.3, 0.4) is 0 Å². The maximum atomic E-state index is 12.9. The van der Waals surface area contributed by atoms with Gasteiger partial charge in [-0.05, 0) is 71.1 Å². The van der Waals surface area contributed by atoms with Gasteiger partial charge in [-0.3, -0.25) is 0 Å². The lowest BCUT2D eigenvalue weighted by Gasteiger charge is -2.21. The molecule has 0 N–H and O–H groups in total. The first-order valence-electron chi connectivity index (χ1n) is 10.9. The van der Waals surface area contributed by atoms with Crippen LogP contribution in [0.1, 0.15) is 45.7 Å². The molecule has 0 aliphatic carbocycles. The van der Waals surface area contributed by atoms with Gasteiger partial charge in [0.15, 0.2) is 10.4 Å². The van der Waals surface area contributed by atoms with Gasteiger partial charge in [0.2, 0.25) is 0 Å². The predicted octanol–water partition coefficient (Wildman–Crippen LogP) is 5.63. The fraction of sp³-hybridized carbons (Fsp3) is 0.280. The van der Waals surface area contributed by atoms with E-state index in [0.717, 1.165) is 33.4 Å². The maximum Gasteiger partial charge on any atom is 0.358 e. The third-order valence-electron chi connectivity index (χ3n) is 5.75. The van der Waals surface area contributed by atoms with Gasteiger partial charge in [0.1, 0.15) is 5.52 Å². The molecule has 2 aromatic carbocycles. The van der Waals surface area contributed by atoms with Gasteiger partial charge in [-0.15, -0.1) is 11.7 Å². The number of aryl methyl sites for hydroxylation is 2. The summed E-state index contributed by atoms with van der Waals surface area (Å²) in [5.74, 6) is -0.657. The van der Waals surface area contributed by atoms with Gasteiger partial charge in [-0.1, -0.05) is 41.1 Å². The smallest absolute Gasteiger partial charge is 0.358 e. The third kappa shape index (κ3) is 4.65. The van der Waals surface area contributed by atoms with E-state index in [1.165, 1.54) is 0 Å². The van der Waals surface area contributed by atoms with Crippen LogP contribution < -0.4 is 0 Å². The van der Waals surface area contributed by atoms with Gasteiger partial charge in [0.05, 0.1) is 17.8 Å². The van der Waals surface area contributed by atoms with Gasteiger partial charge >= 0.3 is 5.97 Å². The summed E-state index contributed by atoms with van der Waals surface area (Å²) in [7, 11) is 1.88. The summed E-state index contributed by atoms with van der Waals surface area (Å²) < 4.78 is 9.62. The first-order chi connectivity index (χ1) is 16.3. The summed E-state index contributed by atoms with van der Waals surface area (Å²) in [6, 6.07) is 11.9. The second-order valence-corrected chi connectivity index (χ2v) is 9.18. The van der Waals surface area contributed by atoms with Crippen molar-refractivity contribution in [2.45, 2.75) is 32.7 Å². The molecule has 0 aliphatic rings. The molecule has 0 amide bonds. The van der Waals surface area contributed by atoms with Crippen molar-refractivity contribution in [2.75, 3.05) is 6.61 Å². The summed E-state index contributed by atoms with van der Waals surface area (Å²) >= 11 is 9.72. The largest absolute Gasteiger partial charge is 0.461 e. The lowest BCUT2D eigenvalue weighted by Crippen LogP contribution is -2.17. The highest BCUT2D eigenvalue weighted by molar-refractivity contribution is 9.10. The molecule has 0 bridgehead atoms. The van der Waals surface area contributed by atoms with E-state index in [4.69, 9.17) is 16.3 Å². The van der Waals surface area contributed by atoms with E-state index in [-0.39, 0.29) is 18.2 Å². The third-order valence-corrected chi connectivity index (χ3v) is 6.61. The highest BCUT2D eigenvalue weighted by Crippen LogP contribution is 2.35. The number of halogens is 2. The number of allylic oxidation sites excluding steroid dienone is 1. The van der Waals surface area contributed by atoms with Gasteiger partial charge in [-0.2, -0.15) is 0 Å². The van der Waals surface area contributed by atoms with Gasteiger partial charge < -0.3 is 9.30 Å². The molecule has 4 aromatic rings. The molecular weight excluding hydrogens is 518 g/mol. The van der Waals surface area contributed by atoms with E-state index >= 15 is 0 Å². The number of rotatable bonds is 8. The molecule has 0 aliphatic heterocycles. The van der Waals surface area contributed by atoms with Crippen molar-refractivity contribution in [3.05, 3.63) is 86.9 Å². The normalized spacial score (nSPS) is 12.1. The maximum absolute atomic E-state index is 12.9. The fourth-order valence-corrected chi connectivity index (χ4v) is 4.87. The number of fused-ring (bicyclic) bond motifs is 1. The van der Waals surface area contributed by atoms with E-state index in [0.29, 0.717) is 22.7 Å². The molecule has 0 radical (unpaired) electrons.